The molecule has 96 valence electrons. The van der Waals surface area contributed by atoms with Crippen molar-refractivity contribution in [3.63, 3.8) is 0 Å². The summed E-state index contributed by atoms with van der Waals surface area (Å²) in [7, 11) is -4.51. The molecule has 0 radical (unpaired) electrons. The summed E-state index contributed by atoms with van der Waals surface area (Å²) in [5, 5.41) is 7.54. The zero-order valence-electron chi connectivity index (χ0n) is 7.98. The van der Waals surface area contributed by atoms with Crippen LogP contribution in [0.3, 0.4) is 0 Å². The van der Waals surface area contributed by atoms with Crippen LogP contribution in [0.15, 0.2) is 21.6 Å². The minimum Gasteiger partial charge on any atom is -0.475 e. The van der Waals surface area contributed by atoms with Crippen LogP contribution in [-0.4, -0.2) is 32.2 Å². The molecule has 0 atom stereocenters. The van der Waals surface area contributed by atoms with E-state index in [1.807, 2.05) is 0 Å². The summed E-state index contributed by atoms with van der Waals surface area (Å²) in [4.78, 5) is 10.4. The maximum Gasteiger partial charge on any atom is 0.402 e. The van der Waals surface area contributed by atoms with E-state index in [1.54, 1.807) is 0 Å². The summed E-state index contributed by atoms with van der Waals surface area (Å²) < 4.78 is 63.4. The Morgan fingerprint density at radius 2 is 2.00 bits per heavy atom. The molecule has 2 N–H and O–H groups in total. The van der Waals surface area contributed by atoms with Crippen molar-refractivity contribution in [2.75, 3.05) is 6.54 Å². The monoisotopic (exact) mass is 273 g/mol. The van der Waals surface area contributed by atoms with Crippen molar-refractivity contribution >= 4 is 16.0 Å². The Morgan fingerprint density at radius 1 is 1.41 bits per heavy atom. The predicted molar refractivity (Wildman–Crippen MR) is 46.9 cm³/mol. The molecule has 0 aromatic carbocycles. The van der Waals surface area contributed by atoms with Gasteiger partial charge in [0.15, 0.2) is 0 Å². The molecule has 0 bridgehead atoms. The summed E-state index contributed by atoms with van der Waals surface area (Å²) in [6.45, 7) is -1.77. The molecule has 0 aliphatic carbocycles. The van der Waals surface area contributed by atoms with E-state index in [9.17, 15) is 26.4 Å². The second-order valence-electron chi connectivity index (χ2n) is 2.86. The topological polar surface area (TPSA) is 96.6 Å². The molecule has 10 heteroatoms. The van der Waals surface area contributed by atoms with Gasteiger partial charge in [-0.05, 0) is 12.1 Å². The number of rotatable bonds is 4. The standard InChI is InChI=1S/C7H6F3NO5S/c8-7(9,10)3-11-17(14,15)5-2-1-4(16-5)6(12)13/h1-2,11H,3H2,(H,12,13). The van der Waals surface area contributed by atoms with Crippen molar-refractivity contribution in [2.45, 2.75) is 11.3 Å². The van der Waals surface area contributed by atoms with Gasteiger partial charge in [-0.1, -0.05) is 0 Å². The SMILES string of the molecule is O=C(O)c1ccc(S(=O)(=O)NCC(F)(F)F)o1. The molecule has 0 amide bonds. The van der Waals surface area contributed by atoms with Gasteiger partial charge in [-0.2, -0.15) is 17.9 Å². The number of carbonyl (C=O) groups is 1. The maximum atomic E-state index is 11.8. The van der Waals surface area contributed by atoms with Gasteiger partial charge in [-0.15, -0.1) is 0 Å². The van der Waals surface area contributed by atoms with Crippen molar-refractivity contribution < 1.29 is 35.9 Å². The molecular weight excluding hydrogens is 267 g/mol. The zero-order chi connectivity index (χ0) is 13.3. The third kappa shape index (κ3) is 3.75. The predicted octanol–water partition coefficient (Wildman–Crippen LogP) is 0.818. The van der Waals surface area contributed by atoms with E-state index < -0.39 is 39.6 Å². The summed E-state index contributed by atoms with van der Waals surface area (Å²) in [5.74, 6) is -2.21. The van der Waals surface area contributed by atoms with Gasteiger partial charge in [0.25, 0.3) is 10.0 Å². The minimum absolute atomic E-state index is 0.683. The number of nitrogens with one attached hydrogen (secondary N) is 1. The fraction of sp³-hybridized carbons (Fsp3) is 0.286. The fourth-order valence-corrected chi connectivity index (χ4v) is 1.77. The molecule has 0 aliphatic rings. The Balaban J connectivity index is 2.86. The molecular formula is C7H6F3NO5S. The maximum absolute atomic E-state index is 11.8. The molecule has 0 spiro atoms. The average molecular weight is 273 g/mol. The number of carboxylic acid groups (broad SMARTS) is 1. The van der Waals surface area contributed by atoms with E-state index in [-0.39, 0.29) is 0 Å². The third-order valence-electron chi connectivity index (χ3n) is 1.52. The number of aromatic carboxylic acids is 1. The number of halogens is 3. The molecule has 0 unspecified atom stereocenters. The van der Waals surface area contributed by atoms with Gasteiger partial charge in [-0.25, -0.2) is 13.2 Å². The average Bonchev–Trinajstić information content (AvgIpc) is 2.63. The lowest BCUT2D eigenvalue weighted by molar-refractivity contribution is -0.121. The van der Waals surface area contributed by atoms with Crippen molar-refractivity contribution in [1.29, 1.82) is 0 Å². The molecule has 6 nitrogen and oxygen atoms in total. The number of carboxylic acids is 1. The van der Waals surface area contributed by atoms with Crippen LogP contribution in [0.4, 0.5) is 13.2 Å². The van der Waals surface area contributed by atoms with Gasteiger partial charge in [-0.3, -0.25) is 0 Å². The van der Waals surface area contributed by atoms with Gasteiger partial charge in [0.1, 0.15) is 6.54 Å². The Bertz CT molecular complexity index is 518. The van der Waals surface area contributed by atoms with Crippen LogP contribution >= 0.6 is 0 Å². The van der Waals surface area contributed by atoms with Gasteiger partial charge < -0.3 is 9.52 Å². The van der Waals surface area contributed by atoms with Crippen molar-refractivity contribution in [1.82, 2.24) is 4.72 Å². The largest absolute Gasteiger partial charge is 0.475 e. The zero-order valence-corrected chi connectivity index (χ0v) is 8.80. The lowest BCUT2D eigenvalue weighted by Crippen LogP contribution is -2.33. The normalized spacial score (nSPS) is 12.6. The van der Waals surface area contributed by atoms with Crippen LogP contribution in [0.25, 0.3) is 0 Å². The Kier molecular flexibility index (Phi) is 3.48. The number of sulfonamides is 1. The molecule has 0 saturated heterocycles. The highest BCUT2D eigenvalue weighted by Gasteiger charge is 2.31. The summed E-state index contributed by atoms with van der Waals surface area (Å²) in [5.41, 5.74) is 0. The first-order valence-electron chi connectivity index (χ1n) is 4.01. The smallest absolute Gasteiger partial charge is 0.402 e. The Hall–Kier alpha value is -1.55. The van der Waals surface area contributed by atoms with Crippen molar-refractivity contribution in [3.05, 3.63) is 17.9 Å². The molecule has 1 aromatic rings. The number of hydrogen-bond acceptors (Lipinski definition) is 4. The summed E-state index contributed by atoms with van der Waals surface area (Å²) in [6, 6.07) is 1.58. The van der Waals surface area contributed by atoms with Gasteiger partial charge >= 0.3 is 12.1 Å². The number of hydrogen-bond donors (Lipinski definition) is 2. The van der Waals surface area contributed by atoms with E-state index in [4.69, 9.17) is 5.11 Å². The molecule has 0 fully saturated rings. The van der Waals surface area contributed by atoms with E-state index in [1.165, 1.54) is 4.72 Å². The Labute approximate surface area is 93.1 Å². The van der Waals surface area contributed by atoms with Crippen molar-refractivity contribution in [3.8, 4) is 0 Å². The van der Waals surface area contributed by atoms with Crippen LogP contribution in [-0.2, 0) is 10.0 Å². The molecule has 17 heavy (non-hydrogen) atoms. The van der Waals surface area contributed by atoms with E-state index in [2.05, 4.69) is 4.42 Å². The summed E-state index contributed by atoms with van der Waals surface area (Å²) >= 11 is 0. The van der Waals surface area contributed by atoms with Crippen LogP contribution in [0.1, 0.15) is 10.6 Å². The fourth-order valence-electron chi connectivity index (χ4n) is 0.827. The highest BCUT2D eigenvalue weighted by Crippen LogP contribution is 2.17. The molecule has 0 saturated carbocycles. The van der Waals surface area contributed by atoms with E-state index in [0.717, 1.165) is 12.1 Å². The first-order valence-corrected chi connectivity index (χ1v) is 5.50. The molecule has 1 heterocycles. The van der Waals surface area contributed by atoms with Crippen LogP contribution in [0.5, 0.6) is 0 Å². The number of alkyl halides is 3. The lowest BCUT2D eigenvalue weighted by Gasteiger charge is -2.06. The molecule has 0 aliphatic heterocycles. The quantitative estimate of drug-likeness (QED) is 0.846. The van der Waals surface area contributed by atoms with Crippen LogP contribution < -0.4 is 4.72 Å². The van der Waals surface area contributed by atoms with Gasteiger partial charge in [0.2, 0.25) is 10.9 Å². The summed E-state index contributed by atoms with van der Waals surface area (Å²) in [6.07, 6.45) is -4.71. The highest BCUT2D eigenvalue weighted by atomic mass is 32.2. The van der Waals surface area contributed by atoms with E-state index >= 15 is 0 Å². The molecule has 1 rings (SSSR count). The first-order chi connectivity index (χ1) is 7.62. The Morgan fingerprint density at radius 3 is 2.41 bits per heavy atom. The van der Waals surface area contributed by atoms with Crippen LogP contribution in [0.2, 0.25) is 0 Å². The van der Waals surface area contributed by atoms with E-state index in [0.29, 0.717) is 0 Å². The third-order valence-corrected chi connectivity index (χ3v) is 2.79. The first kappa shape index (κ1) is 13.5. The molecule has 1 aromatic heterocycles. The second-order valence-corrected chi connectivity index (χ2v) is 4.56. The lowest BCUT2D eigenvalue weighted by atomic mass is 10.5. The van der Waals surface area contributed by atoms with Crippen LogP contribution in [0, 0.1) is 0 Å². The highest BCUT2D eigenvalue weighted by molar-refractivity contribution is 7.89. The van der Waals surface area contributed by atoms with Gasteiger partial charge in [0.05, 0.1) is 0 Å². The minimum atomic E-state index is -4.71. The van der Waals surface area contributed by atoms with Crippen molar-refractivity contribution in [2.24, 2.45) is 0 Å². The number of furan rings is 1. The van der Waals surface area contributed by atoms with Gasteiger partial charge in [0, 0.05) is 0 Å². The second kappa shape index (κ2) is 4.37.